The van der Waals surface area contributed by atoms with E-state index in [1.807, 2.05) is 0 Å². The fourth-order valence-electron chi connectivity index (χ4n) is 2.46. The molecule has 0 aromatic carbocycles. The molecule has 0 heterocycles. The summed E-state index contributed by atoms with van der Waals surface area (Å²) in [6, 6.07) is 0. The fraction of sp³-hybridized carbons (Fsp3) is 0.923. The van der Waals surface area contributed by atoms with Gasteiger partial charge in [0.2, 0.25) is 0 Å². The lowest BCUT2D eigenvalue weighted by Crippen LogP contribution is -2.59. The predicted molar refractivity (Wildman–Crippen MR) is 65.6 cm³/mol. The maximum absolute atomic E-state index is 11.6. The van der Waals surface area contributed by atoms with E-state index < -0.39 is 11.5 Å². The van der Waals surface area contributed by atoms with E-state index >= 15 is 0 Å². The summed E-state index contributed by atoms with van der Waals surface area (Å²) in [7, 11) is 0. The smallest absolute Gasteiger partial charge is 0.323 e. The van der Waals surface area contributed by atoms with Crippen LogP contribution < -0.4 is 5.32 Å². The van der Waals surface area contributed by atoms with Crippen LogP contribution in [0.3, 0.4) is 0 Å². The molecule has 0 radical (unpaired) electrons. The lowest BCUT2D eigenvalue weighted by atomic mass is 9.86. The van der Waals surface area contributed by atoms with Gasteiger partial charge in [-0.05, 0) is 33.1 Å². The molecule has 3 heteroatoms. The van der Waals surface area contributed by atoms with Crippen molar-refractivity contribution in [2.45, 2.75) is 76.8 Å². The molecule has 2 N–H and O–H groups in total. The summed E-state index contributed by atoms with van der Waals surface area (Å²) in [5.74, 6) is -0.670. The second-order valence-electron chi connectivity index (χ2n) is 5.66. The second kappa shape index (κ2) is 5.17. The molecule has 3 nitrogen and oxygen atoms in total. The molecule has 0 spiro atoms. The predicted octanol–water partition coefficient (Wildman–Crippen LogP) is 2.94. The van der Waals surface area contributed by atoms with E-state index in [1.54, 1.807) is 0 Å². The average Bonchev–Trinajstić information content (AvgIpc) is 2.44. The van der Waals surface area contributed by atoms with Crippen LogP contribution in [-0.2, 0) is 4.79 Å². The van der Waals surface area contributed by atoms with Crippen LogP contribution in [0.25, 0.3) is 0 Å². The SMILES string of the molecule is CCC(C)(C)NC1(C(=O)O)CCCCCC1. The molecule has 1 rings (SSSR count). The minimum absolute atomic E-state index is 0.0945. The summed E-state index contributed by atoms with van der Waals surface area (Å²) >= 11 is 0. The molecule has 1 saturated carbocycles. The summed E-state index contributed by atoms with van der Waals surface area (Å²) in [6.07, 6.45) is 6.88. The largest absolute Gasteiger partial charge is 0.480 e. The Kier molecular flexibility index (Phi) is 4.36. The molecular weight excluding hydrogens is 202 g/mol. The van der Waals surface area contributed by atoms with Crippen LogP contribution in [0.5, 0.6) is 0 Å². The van der Waals surface area contributed by atoms with Gasteiger partial charge in [-0.1, -0.05) is 32.6 Å². The number of nitrogens with one attached hydrogen (secondary N) is 1. The van der Waals surface area contributed by atoms with Gasteiger partial charge in [0.05, 0.1) is 0 Å². The van der Waals surface area contributed by atoms with E-state index in [0.29, 0.717) is 0 Å². The van der Waals surface area contributed by atoms with E-state index in [9.17, 15) is 9.90 Å². The van der Waals surface area contributed by atoms with Crippen LogP contribution in [0, 0.1) is 0 Å². The normalized spacial score (nSPS) is 21.4. The van der Waals surface area contributed by atoms with Gasteiger partial charge in [0.15, 0.2) is 0 Å². The van der Waals surface area contributed by atoms with Crippen LogP contribution in [0.4, 0.5) is 0 Å². The lowest BCUT2D eigenvalue weighted by molar-refractivity contribution is -0.146. The van der Waals surface area contributed by atoms with Crippen molar-refractivity contribution in [3.05, 3.63) is 0 Å². The monoisotopic (exact) mass is 227 g/mol. The van der Waals surface area contributed by atoms with Gasteiger partial charge in [-0.25, -0.2) is 0 Å². The quantitative estimate of drug-likeness (QED) is 0.726. The minimum Gasteiger partial charge on any atom is -0.480 e. The summed E-state index contributed by atoms with van der Waals surface area (Å²) < 4.78 is 0. The van der Waals surface area contributed by atoms with Crippen molar-refractivity contribution in [1.29, 1.82) is 0 Å². The Hall–Kier alpha value is -0.570. The van der Waals surface area contributed by atoms with Gasteiger partial charge in [-0.15, -0.1) is 0 Å². The van der Waals surface area contributed by atoms with Crippen LogP contribution >= 0.6 is 0 Å². The van der Waals surface area contributed by atoms with Crippen LogP contribution in [-0.4, -0.2) is 22.2 Å². The third kappa shape index (κ3) is 3.21. The third-order valence-corrected chi connectivity index (χ3v) is 3.83. The molecule has 0 atom stereocenters. The van der Waals surface area contributed by atoms with Crippen LogP contribution in [0.2, 0.25) is 0 Å². The zero-order valence-electron chi connectivity index (χ0n) is 10.8. The minimum atomic E-state index is -0.685. The first-order valence-corrected chi connectivity index (χ1v) is 6.45. The number of hydrogen-bond donors (Lipinski definition) is 2. The number of carboxylic acids is 1. The second-order valence-corrected chi connectivity index (χ2v) is 5.66. The Morgan fingerprint density at radius 3 is 2.12 bits per heavy atom. The molecule has 0 saturated heterocycles. The summed E-state index contributed by atoms with van der Waals surface area (Å²) in [5.41, 5.74) is -0.779. The van der Waals surface area contributed by atoms with E-state index in [1.165, 1.54) is 12.8 Å². The maximum atomic E-state index is 11.6. The first kappa shape index (κ1) is 13.5. The van der Waals surface area contributed by atoms with E-state index in [-0.39, 0.29) is 5.54 Å². The van der Waals surface area contributed by atoms with Crippen molar-refractivity contribution in [3.63, 3.8) is 0 Å². The highest BCUT2D eigenvalue weighted by Gasteiger charge is 2.41. The molecule has 0 amide bonds. The summed E-state index contributed by atoms with van der Waals surface area (Å²) in [5, 5.41) is 12.9. The van der Waals surface area contributed by atoms with Gasteiger partial charge in [0.25, 0.3) is 0 Å². The Morgan fingerprint density at radius 2 is 1.75 bits per heavy atom. The molecule has 1 aliphatic carbocycles. The first-order valence-electron chi connectivity index (χ1n) is 6.45. The number of hydrogen-bond acceptors (Lipinski definition) is 2. The van der Waals surface area contributed by atoms with Crippen LogP contribution in [0.1, 0.15) is 65.7 Å². The number of aliphatic carboxylic acids is 1. The van der Waals surface area contributed by atoms with E-state index in [0.717, 1.165) is 32.1 Å². The molecule has 1 aliphatic rings. The lowest BCUT2D eigenvalue weighted by Gasteiger charge is -2.38. The van der Waals surface area contributed by atoms with Gasteiger partial charge in [0, 0.05) is 5.54 Å². The van der Waals surface area contributed by atoms with Crippen molar-refractivity contribution in [3.8, 4) is 0 Å². The Labute approximate surface area is 98.6 Å². The van der Waals surface area contributed by atoms with Crippen molar-refractivity contribution >= 4 is 5.97 Å². The Balaban J connectivity index is 2.82. The maximum Gasteiger partial charge on any atom is 0.323 e. The highest BCUT2D eigenvalue weighted by atomic mass is 16.4. The number of carboxylic acid groups (broad SMARTS) is 1. The van der Waals surface area contributed by atoms with Crippen molar-refractivity contribution in [2.75, 3.05) is 0 Å². The Bertz CT molecular complexity index is 240. The topological polar surface area (TPSA) is 49.3 Å². The molecule has 16 heavy (non-hydrogen) atoms. The third-order valence-electron chi connectivity index (χ3n) is 3.83. The molecule has 0 bridgehead atoms. The van der Waals surface area contributed by atoms with Gasteiger partial charge in [-0.2, -0.15) is 0 Å². The molecule has 0 aromatic heterocycles. The van der Waals surface area contributed by atoms with Crippen molar-refractivity contribution in [2.24, 2.45) is 0 Å². The van der Waals surface area contributed by atoms with Gasteiger partial charge < -0.3 is 5.11 Å². The standard InChI is InChI=1S/C13H25NO2/c1-4-12(2,3)14-13(11(15)16)9-7-5-6-8-10-13/h14H,4-10H2,1-3H3,(H,15,16). The number of rotatable bonds is 4. The molecule has 1 fully saturated rings. The van der Waals surface area contributed by atoms with E-state index in [4.69, 9.17) is 0 Å². The molecule has 0 unspecified atom stereocenters. The molecule has 0 aromatic rings. The van der Waals surface area contributed by atoms with Gasteiger partial charge in [-0.3, -0.25) is 10.1 Å². The molecule has 0 aliphatic heterocycles. The van der Waals surface area contributed by atoms with E-state index in [2.05, 4.69) is 26.1 Å². The van der Waals surface area contributed by atoms with Crippen molar-refractivity contribution < 1.29 is 9.90 Å². The van der Waals surface area contributed by atoms with Crippen LogP contribution in [0.15, 0.2) is 0 Å². The highest BCUT2D eigenvalue weighted by molar-refractivity contribution is 5.79. The average molecular weight is 227 g/mol. The van der Waals surface area contributed by atoms with Gasteiger partial charge >= 0.3 is 5.97 Å². The Morgan fingerprint density at radius 1 is 1.25 bits per heavy atom. The molecular formula is C13H25NO2. The molecule has 94 valence electrons. The highest BCUT2D eigenvalue weighted by Crippen LogP contribution is 2.30. The first-order chi connectivity index (χ1) is 7.42. The zero-order valence-corrected chi connectivity index (χ0v) is 10.8. The number of carbonyl (C=O) groups is 1. The summed E-state index contributed by atoms with van der Waals surface area (Å²) in [4.78, 5) is 11.6. The summed E-state index contributed by atoms with van der Waals surface area (Å²) in [6.45, 7) is 6.27. The fourth-order valence-corrected chi connectivity index (χ4v) is 2.46. The zero-order chi connectivity index (χ0) is 12.2. The van der Waals surface area contributed by atoms with Crippen molar-refractivity contribution in [1.82, 2.24) is 5.32 Å². The van der Waals surface area contributed by atoms with Gasteiger partial charge in [0.1, 0.15) is 5.54 Å².